The van der Waals surface area contributed by atoms with Crippen LogP contribution in [0.15, 0.2) is 53.4 Å². The van der Waals surface area contributed by atoms with Crippen LogP contribution in [0.1, 0.15) is 5.56 Å². The first kappa shape index (κ1) is 15.1. The number of nitrogens with two attached hydrogens (primary N) is 1. The Morgan fingerprint density at radius 2 is 1.71 bits per heavy atom. The molecule has 0 aliphatic rings. The molecule has 21 heavy (non-hydrogen) atoms. The Balaban J connectivity index is 2.42. The van der Waals surface area contributed by atoms with E-state index in [2.05, 4.69) is 0 Å². The van der Waals surface area contributed by atoms with Gasteiger partial charge in [0.1, 0.15) is 21.6 Å². The largest absolute Gasteiger partial charge is 0.744 e. The fourth-order valence-electron chi connectivity index (χ4n) is 1.95. The highest BCUT2D eigenvalue weighted by Gasteiger charge is 2.24. The third-order valence-corrected chi connectivity index (χ3v) is 3.79. The van der Waals surface area contributed by atoms with Gasteiger partial charge in [0.2, 0.25) is 5.69 Å². The summed E-state index contributed by atoms with van der Waals surface area (Å²) in [6.07, 6.45) is 0. The van der Waals surface area contributed by atoms with E-state index in [4.69, 9.17) is 0 Å². The molecule has 2 rings (SSSR count). The van der Waals surface area contributed by atoms with Crippen molar-refractivity contribution in [3.63, 3.8) is 0 Å². The fourth-order valence-corrected chi connectivity index (χ4v) is 2.65. The Morgan fingerprint density at radius 3 is 2.29 bits per heavy atom. The summed E-state index contributed by atoms with van der Waals surface area (Å²) in [5, 5.41) is 12.4. The van der Waals surface area contributed by atoms with Gasteiger partial charge in [0.05, 0.1) is 4.92 Å². The SMILES string of the molecule is O=[N+]([O-])c1cccc(S(=O)(=O)[O-])c1[NH2+]Cc1ccccc1. The van der Waals surface area contributed by atoms with Gasteiger partial charge >= 0.3 is 5.69 Å². The maximum absolute atomic E-state index is 11.2. The predicted octanol–water partition coefficient (Wildman–Crippen LogP) is 0.894. The highest BCUT2D eigenvalue weighted by Crippen LogP contribution is 2.27. The third-order valence-electron chi connectivity index (χ3n) is 2.89. The average Bonchev–Trinajstić information content (AvgIpc) is 2.44. The molecule has 0 atom stereocenters. The summed E-state index contributed by atoms with van der Waals surface area (Å²) in [7, 11) is -4.78. The number of nitro groups is 1. The van der Waals surface area contributed by atoms with Gasteiger partial charge in [-0.1, -0.05) is 36.4 Å². The number of hydrogen-bond acceptors (Lipinski definition) is 5. The molecule has 0 aliphatic carbocycles. The standard InChI is InChI=1S/C13H12N2O5S/c16-15(17)11-7-4-8-12(21(18,19)20)13(11)14-9-10-5-2-1-3-6-10/h1-8,14H,9H2,(H,18,19,20). The van der Waals surface area contributed by atoms with E-state index in [0.717, 1.165) is 11.6 Å². The maximum atomic E-state index is 11.2. The Kier molecular flexibility index (Phi) is 4.32. The highest BCUT2D eigenvalue weighted by atomic mass is 32.2. The summed E-state index contributed by atoms with van der Waals surface area (Å²) in [6, 6.07) is 12.5. The van der Waals surface area contributed by atoms with Crippen LogP contribution in [0.5, 0.6) is 0 Å². The minimum atomic E-state index is -4.78. The smallest absolute Gasteiger partial charge is 0.330 e. The van der Waals surface area contributed by atoms with Crippen molar-refractivity contribution in [2.75, 3.05) is 0 Å². The Labute approximate surface area is 121 Å². The van der Waals surface area contributed by atoms with Gasteiger partial charge in [0.15, 0.2) is 0 Å². The molecule has 2 N–H and O–H groups in total. The second-order valence-corrected chi connectivity index (χ2v) is 5.64. The molecule has 0 aromatic heterocycles. The summed E-state index contributed by atoms with van der Waals surface area (Å²) in [4.78, 5) is 9.72. The quantitative estimate of drug-likeness (QED) is 0.381. The first-order valence-corrected chi connectivity index (χ1v) is 7.41. The lowest BCUT2D eigenvalue weighted by atomic mass is 10.2. The van der Waals surface area contributed by atoms with E-state index in [1.54, 1.807) is 24.3 Å². The second kappa shape index (κ2) is 6.00. The van der Waals surface area contributed by atoms with Crippen molar-refractivity contribution >= 4 is 21.5 Å². The molecule has 110 valence electrons. The molecular weight excluding hydrogens is 296 g/mol. The van der Waals surface area contributed by atoms with Crippen molar-refractivity contribution < 1.29 is 23.2 Å². The molecule has 0 heterocycles. The first-order chi connectivity index (χ1) is 9.89. The maximum Gasteiger partial charge on any atom is 0.330 e. The van der Waals surface area contributed by atoms with Crippen LogP contribution in [-0.2, 0) is 16.7 Å². The minimum Gasteiger partial charge on any atom is -0.744 e. The van der Waals surface area contributed by atoms with Crippen LogP contribution in [0.25, 0.3) is 0 Å². The van der Waals surface area contributed by atoms with Crippen LogP contribution in [0.3, 0.4) is 0 Å². The zero-order chi connectivity index (χ0) is 15.5. The van der Waals surface area contributed by atoms with Gasteiger partial charge in [-0.2, -0.15) is 0 Å². The average molecular weight is 308 g/mol. The molecule has 2 aromatic carbocycles. The van der Waals surface area contributed by atoms with E-state index in [9.17, 15) is 23.1 Å². The van der Waals surface area contributed by atoms with E-state index in [0.29, 0.717) is 0 Å². The number of rotatable bonds is 5. The van der Waals surface area contributed by atoms with E-state index < -0.39 is 25.6 Å². The molecular formula is C13H12N2O5S. The second-order valence-electron chi connectivity index (χ2n) is 4.29. The minimum absolute atomic E-state index is 0.165. The lowest BCUT2D eigenvalue weighted by Crippen LogP contribution is -2.76. The number of nitrogens with zero attached hydrogens (tertiary/aromatic N) is 1. The molecule has 7 nitrogen and oxygen atoms in total. The number of para-hydroxylation sites is 1. The predicted molar refractivity (Wildman–Crippen MR) is 72.8 cm³/mol. The van der Waals surface area contributed by atoms with Crippen LogP contribution in [0.2, 0.25) is 0 Å². The normalized spacial score (nSPS) is 11.3. The Morgan fingerprint density at radius 1 is 1.05 bits per heavy atom. The number of quaternary nitrogens is 1. The third kappa shape index (κ3) is 3.63. The molecule has 0 aliphatic heterocycles. The highest BCUT2D eigenvalue weighted by molar-refractivity contribution is 7.85. The molecule has 0 saturated carbocycles. The van der Waals surface area contributed by atoms with Crippen LogP contribution in [-0.4, -0.2) is 17.9 Å². The van der Waals surface area contributed by atoms with Gasteiger partial charge in [-0.15, -0.1) is 0 Å². The molecule has 0 bridgehead atoms. The molecule has 0 fully saturated rings. The van der Waals surface area contributed by atoms with Gasteiger partial charge in [0, 0.05) is 11.6 Å². The van der Waals surface area contributed by atoms with Crippen molar-refractivity contribution in [1.29, 1.82) is 0 Å². The number of benzene rings is 2. The van der Waals surface area contributed by atoms with Crippen LogP contribution >= 0.6 is 0 Å². The molecule has 0 radical (unpaired) electrons. The zero-order valence-corrected chi connectivity index (χ0v) is 11.6. The first-order valence-electron chi connectivity index (χ1n) is 6.00. The van der Waals surface area contributed by atoms with Crippen LogP contribution in [0, 0.1) is 10.1 Å². The topological polar surface area (TPSA) is 117 Å². The Bertz CT molecular complexity index is 759. The van der Waals surface area contributed by atoms with Gasteiger partial charge in [-0.25, -0.2) is 8.42 Å². The van der Waals surface area contributed by atoms with E-state index in [1.165, 1.54) is 17.4 Å². The van der Waals surface area contributed by atoms with Crippen molar-refractivity contribution in [3.05, 3.63) is 64.2 Å². The zero-order valence-electron chi connectivity index (χ0n) is 10.8. The molecule has 8 heteroatoms. The van der Waals surface area contributed by atoms with E-state index in [1.807, 2.05) is 6.07 Å². The van der Waals surface area contributed by atoms with Crippen molar-refractivity contribution in [2.45, 2.75) is 11.4 Å². The summed E-state index contributed by atoms with van der Waals surface area (Å²) in [6.45, 7) is 0.286. The Hall–Kier alpha value is -2.29. The molecule has 0 unspecified atom stereocenters. The molecule has 2 aromatic rings. The van der Waals surface area contributed by atoms with E-state index in [-0.39, 0.29) is 12.2 Å². The van der Waals surface area contributed by atoms with Crippen molar-refractivity contribution in [1.82, 2.24) is 0 Å². The summed E-state index contributed by atoms with van der Waals surface area (Å²) in [5.74, 6) is 0. The van der Waals surface area contributed by atoms with Gasteiger partial charge in [0.25, 0.3) is 0 Å². The fraction of sp³-hybridized carbons (Fsp3) is 0.0769. The number of nitro benzene ring substituents is 1. The summed E-state index contributed by atoms with van der Waals surface area (Å²) >= 11 is 0. The van der Waals surface area contributed by atoms with Crippen LogP contribution in [0.4, 0.5) is 11.4 Å². The lowest BCUT2D eigenvalue weighted by Gasteiger charge is -2.11. The lowest BCUT2D eigenvalue weighted by molar-refractivity contribution is -0.595. The van der Waals surface area contributed by atoms with Crippen molar-refractivity contribution in [2.24, 2.45) is 0 Å². The molecule has 0 amide bonds. The van der Waals surface area contributed by atoms with Crippen molar-refractivity contribution in [3.8, 4) is 0 Å². The molecule has 0 saturated heterocycles. The van der Waals surface area contributed by atoms with Gasteiger partial charge < -0.3 is 9.87 Å². The van der Waals surface area contributed by atoms with Gasteiger partial charge in [-0.05, 0) is 6.07 Å². The van der Waals surface area contributed by atoms with Crippen LogP contribution < -0.4 is 5.32 Å². The number of hydrogen-bond donors (Lipinski definition) is 1. The monoisotopic (exact) mass is 308 g/mol. The van der Waals surface area contributed by atoms with E-state index >= 15 is 0 Å². The summed E-state index contributed by atoms with van der Waals surface area (Å²) in [5.41, 5.74) is 0.286. The van der Waals surface area contributed by atoms with Gasteiger partial charge in [-0.3, -0.25) is 10.1 Å². The summed E-state index contributed by atoms with van der Waals surface area (Å²) < 4.78 is 33.7. The molecule has 0 spiro atoms.